The molecular formula is C12H14N2O2. The van der Waals surface area contributed by atoms with Crippen molar-refractivity contribution in [3.63, 3.8) is 0 Å². The first-order chi connectivity index (χ1) is 7.58. The lowest BCUT2D eigenvalue weighted by Crippen LogP contribution is -2.24. The molecule has 0 aliphatic rings. The predicted molar refractivity (Wildman–Crippen MR) is 59.8 cm³/mol. The van der Waals surface area contributed by atoms with E-state index < -0.39 is 5.91 Å². The molecule has 84 valence electrons. The van der Waals surface area contributed by atoms with Crippen molar-refractivity contribution in [2.24, 2.45) is 0 Å². The molecule has 0 heterocycles. The zero-order chi connectivity index (χ0) is 12.1. The maximum atomic E-state index is 11.1. The highest BCUT2D eigenvalue weighted by atomic mass is 16.5. The number of ether oxygens (including phenoxy) is 1. The minimum Gasteiger partial charge on any atom is -0.496 e. The second kappa shape index (κ2) is 5.17. The Balaban J connectivity index is 2.92. The summed E-state index contributed by atoms with van der Waals surface area (Å²) in [6, 6.07) is 7.32. The van der Waals surface area contributed by atoms with E-state index in [4.69, 9.17) is 10.00 Å². The standard InChI is InChI=1S/C12H14N2O2/c1-9-4-5-11(16-3)10(6-9)8-14(2)12(15)7-13/h4-6H,8H2,1-3H3. The molecule has 0 atom stereocenters. The van der Waals surface area contributed by atoms with Crippen molar-refractivity contribution in [1.29, 1.82) is 5.26 Å². The van der Waals surface area contributed by atoms with E-state index in [1.807, 2.05) is 25.1 Å². The van der Waals surface area contributed by atoms with Gasteiger partial charge in [0, 0.05) is 19.2 Å². The summed E-state index contributed by atoms with van der Waals surface area (Å²) in [7, 11) is 3.17. The molecule has 0 aliphatic carbocycles. The fourth-order valence-electron chi connectivity index (χ4n) is 1.44. The average Bonchev–Trinajstić information content (AvgIpc) is 2.28. The molecule has 1 aromatic carbocycles. The Hall–Kier alpha value is -2.02. The highest BCUT2D eigenvalue weighted by Gasteiger charge is 2.11. The Morgan fingerprint density at radius 2 is 2.25 bits per heavy atom. The van der Waals surface area contributed by atoms with Gasteiger partial charge in [-0.15, -0.1) is 0 Å². The van der Waals surface area contributed by atoms with Crippen LogP contribution in [0.1, 0.15) is 11.1 Å². The first kappa shape index (κ1) is 12.1. The van der Waals surface area contributed by atoms with E-state index in [0.717, 1.165) is 16.9 Å². The Morgan fingerprint density at radius 1 is 1.56 bits per heavy atom. The topological polar surface area (TPSA) is 53.3 Å². The van der Waals surface area contributed by atoms with Crippen molar-refractivity contribution >= 4 is 5.91 Å². The van der Waals surface area contributed by atoms with Gasteiger partial charge >= 0.3 is 5.91 Å². The molecule has 4 nitrogen and oxygen atoms in total. The number of nitriles is 1. The third-order valence-corrected chi connectivity index (χ3v) is 2.29. The van der Waals surface area contributed by atoms with Crippen LogP contribution in [0.2, 0.25) is 0 Å². The van der Waals surface area contributed by atoms with Gasteiger partial charge in [-0.05, 0) is 13.0 Å². The third kappa shape index (κ3) is 2.74. The van der Waals surface area contributed by atoms with Crippen molar-refractivity contribution in [3.05, 3.63) is 29.3 Å². The second-order valence-corrected chi connectivity index (χ2v) is 3.59. The predicted octanol–water partition coefficient (Wildman–Crippen LogP) is 1.49. The fraction of sp³-hybridized carbons (Fsp3) is 0.333. The van der Waals surface area contributed by atoms with E-state index in [9.17, 15) is 4.79 Å². The van der Waals surface area contributed by atoms with Gasteiger partial charge in [0.05, 0.1) is 7.11 Å². The monoisotopic (exact) mass is 218 g/mol. The minimum atomic E-state index is -0.552. The van der Waals surface area contributed by atoms with Gasteiger partial charge in [-0.25, -0.2) is 0 Å². The largest absolute Gasteiger partial charge is 0.496 e. The van der Waals surface area contributed by atoms with Gasteiger partial charge < -0.3 is 9.64 Å². The van der Waals surface area contributed by atoms with Gasteiger partial charge in [0.1, 0.15) is 5.75 Å². The van der Waals surface area contributed by atoms with Crippen LogP contribution in [0.5, 0.6) is 5.75 Å². The molecule has 0 saturated heterocycles. The molecular weight excluding hydrogens is 204 g/mol. The smallest absolute Gasteiger partial charge is 0.325 e. The summed E-state index contributed by atoms with van der Waals surface area (Å²) in [6.45, 7) is 2.34. The van der Waals surface area contributed by atoms with E-state index in [2.05, 4.69) is 0 Å². The lowest BCUT2D eigenvalue weighted by atomic mass is 10.1. The number of nitrogens with zero attached hydrogens (tertiary/aromatic N) is 2. The van der Waals surface area contributed by atoms with Crippen LogP contribution in [0.15, 0.2) is 18.2 Å². The summed E-state index contributed by atoms with van der Waals surface area (Å²) >= 11 is 0. The van der Waals surface area contributed by atoms with Crippen LogP contribution in [0.4, 0.5) is 0 Å². The van der Waals surface area contributed by atoms with Gasteiger partial charge in [-0.1, -0.05) is 17.7 Å². The van der Waals surface area contributed by atoms with Crippen molar-refractivity contribution in [1.82, 2.24) is 4.90 Å². The zero-order valence-electron chi connectivity index (χ0n) is 9.65. The number of benzene rings is 1. The Labute approximate surface area is 95.0 Å². The molecule has 16 heavy (non-hydrogen) atoms. The van der Waals surface area contributed by atoms with Crippen molar-refractivity contribution in [2.75, 3.05) is 14.2 Å². The highest BCUT2D eigenvalue weighted by Crippen LogP contribution is 2.20. The van der Waals surface area contributed by atoms with E-state index in [-0.39, 0.29) is 0 Å². The Kier molecular flexibility index (Phi) is 3.90. The Morgan fingerprint density at radius 3 is 2.81 bits per heavy atom. The quantitative estimate of drug-likeness (QED) is 0.722. The number of aryl methyl sites for hydroxylation is 1. The van der Waals surface area contributed by atoms with Crippen LogP contribution in [-0.2, 0) is 11.3 Å². The number of carbonyl (C=O) groups excluding carboxylic acids is 1. The summed E-state index contributed by atoms with van der Waals surface area (Å²) in [6.07, 6.45) is 0. The number of hydrogen-bond donors (Lipinski definition) is 0. The van der Waals surface area contributed by atoms with Gasteiger partial charge in [0.2, 0.25) is 0 Å². The summed E-state index contributed by atoms with van der Waals surface area (Å²) in [5.41, 5.74) is 1.99. The van der Waals surface area contributed by atoms with E-state index in [1.54, 1.807) is 20.2 Å². The highest BCUT2D eigenvalue weighted by molar-refractivity contribution is 5.90. The number of rotatable bonds is 3. The number of hydrogen-bond acceptors (Lipinski definition) is 3. The van der Waals surface area contributed by atoms with Crippen LogP contribution in [0.3, 0.4) is 0 Å². The van der Waals surface area contributed by atoms with Crippen molar-refractivity contribution < 1.29 is 9.53 Å². The molecule has 0 aromatic heterocycles. The average molecular weight is 218 g/mol. The van der Waals surface area contributed by atoms with Crippen molar-refractivity contribution in [2.45, 2.75) is 13.5 Å². The lowest BCUT2D eigenvalue weighted by molar-refractivity contribution is -0.124. The fourth-order valence-corrected chi connectivity index (χ4v) is 1.44. The molecule has 1 amide bonds. The molecule has 0 N–H and O–H groups in total. The second-order valence-electron chi connectivity index (χ2n) is 3.59. The molecule has 0 aliphatic heterocycles. The molecule has 0 bridgehead atoms. The summed E-state index contributed by atoms with van der Waals surface area (Å²) in [5, 5.41) is 8.49. The summed E-state index contributed by atoms with van der Waals surface area (Å²) in [5.74, 6) is 0.173. The van der Waals surface area contributed by atoms with Gasteiger partial charge in [-0.3, -0.25) is 4.79 Å². The first-order valence-corrected chi connectivity index (χ1v) is 4.87. The number of carbonyl (C=O) groups is 1. The lowest BCUT2D eigenvalue weighted by Gasteiger charge is -2.16. The van der Waals surface area contributed by atoms with Crippen LogP contribution >= 0.6 is 0 Å². The van der Waals surface area contributed by atoms with Crippen LogP contribution in [-0.4, -0.2) is 25.0 Å². The van der Waals surface area contributed by atoms with Crippen LogP contribution in [0, 0.1) is 18.3 Å². The first-order valence-electron chi connectivity index (χ1n) is 4.87. The molecule has 4 heteroatoms. The zero-order valence-corrected chi connectivity index (χ0v) is 9.65. The van der Waals surface area contributed by atoms with E-state index in [1.165, 1.54) is 4.90 Å². The number of amides is 1. The normalized spacial score (nSPS) is 9.38. The molecule has 0 unspecified atom stereocenters. The van der Waals surface area contributed by atoms with Crippen molar-refractivity contribution in [3.8, 4) is 11.8 Å². The molecule has 1 rings (SSSR count). The molecule has 0 spiro atoms. The van der Waals surface area contributed by atoms with Gasteiger partial charge in [0.25, 0.3) is 0 Å². The van der Waals surface area contributed by atoms with E-state index >= 15 is 0 Å². The third-order valence-electron chi connectivity index (χ3n) is 2.29. The summed E-state index contributed by atoms with van der Waals surface area (Å²) < 4.78 is 5.19. The van der Waals surface area contributed by atoms with Gasteiger partial charge in [-0.2, -0.15) is 5.26 Å². The molecule has 0 radical (unpaired) electrons. The summed E-state index contributed by atoms with van der Waals surface area (Å²) in [4.78, 5) is 12.5. The SMILES string of the molecule is COc1ccc(C)cc1CN(C)C(=O)C#N. The molecule has 0 saturated carbocycles. The van der Waals surface area contributed by atoms with Crippen LogP contribution in [0.25, 0.3) is 0 Å². The molecule has 1 aromatic rings. The van der Waals surface area contributed by atoms with Gasteiger partial charge in [0.15, 0.2) is 6.07 Å². The molecule has 0 fully saturated rings. The maximum absolute atomic E-state index is 11.1. The van der Waals surface area contributed by atoms with E-state index in [0.29, 0.717) is 6.54 Å². The minimum absolute atomic E-state index is 0.372. The van der Waals surface area contributed by atoms with Crippen LogP contribution < -0.4 is 4.74 Å². The maximum Gasteiger partial charge on any atom is 0.325 e. The number of methoxy groups -OCH3 is 1. The Bertz CT molecular complexity index is 435.